The van der Waals surface area contributed by atoms with Crippen molar-refractivity contribution < 1.29 is 14.7 Å². The molecule has 1 amide bonds. The van der Waals surface area contributed by atoms with Gasteiger partial charge in [-0.2, -0.15) is 0 Å². The minimum Gasteiger partial charge on any atom is -0.481 e. The first-order valence-corrected chi connectivity index (χ1v) is 7.25. The highest BCUT2D eigenvalue weighted by atomic mass is 32.2. The first kappa shape index (κ1) is 14.7. The number of anilines is 2. The van der Waals surface area contributed by atoms with Crippen molar-refractivity contribution in [3.05, 3.63) is 18.2 Å². The van der Waals surface area contributed by atoms with E-state index in [1.54, 1.807) is 11.0 Å². The highest BCUT2D eigenvalue weighted by molar-refractivity contribution is 8.01. The van der Waals surface area contributed by atoms with E-state index in [2.05, 4.69) is 0 Å². The predicted octanol–water partition coefficient (Wildman–Crippen LogP) is 2.35. The minimum atomic E-state index is -0.847. The van der Waals surface area contributed by atoms with Crippen molar-refractivity contribution in [1.82, 2.24) is 0 Å². The van der Waals surface area contributed by atoms with Crippen LogP contribution in [-0.4, -0.2) is 28.3 Å². The van der Waals surface area contributed by atoms with E-state index in [4.69, 9.17) is 10.8 Å². The molecular formula is C14H18N2O3S. The third-order valence-electron chi connectivity index (χ3n) is 3.17. The van der Waals surface area contributed by atoms with Crippen LogP contribution in [0.25, 0.3) is 0 Å². The second kappa shape index (κ2) is 5.36. The molecule has 0 unspecified atom stereocenters. The highest BCUT2D eigenvalue weighted by Crippen LogP contribution is 2.45. The van der Waals surface area contributed by atoms with Crippen molar-refractivity contribution in [2.75, 3.05) is 17.2 Å². The van der Waals surface area contributed by atoms with Crippen LogP contribution in [0.2, 0.25) is 0 Å². The molecule has 0 saturated carbocycles. The van der Waals surface area contributed by atoms with Gasteiger partial charge in [0, 0.05) is 23.5 Å². The fraction of sp³-hybridized carbons (Fsp3) is 0.429. The number of hydrogen-bond donors (Lipinski definition) is 2. The van der Waals surface area contributed by atoms with E-state index >= 15 is 0 Å². The molecular weight excluding hydrogens is 276 g/mol. The summed E-state index contributed by atoms with van der Waals surface area (Å²) in [6.45, 7) is 4.15. The fourth-order valence-corrected chi connectivity index (χ4v) is 3.42. The largest absolute Gasteiger partial charge is 0.481 e. The van der Waals surface area contributed by atoms with Gasteiger partial charge in [0.25, 0.3) is 0 Å². The molecule has 20 heavy (non-hydrogen) atoms. The first-order chi connectivity index (χ1) is 9.31. The quantitative estimate of drug-likeness (QED) is 0.833. The number of rotatable bonds is 4. The van der Waals surface area contributed by atoms with Crippen LogP contribution in [-0.2, 0) is 9.59 Å². The number of carbonyl (C=O) groups excluding carboxylic acids is 1. The molecule has 0 bridgehead atoms. The number of amides is 1. The van der Waals surface area contributed by atoms with Crippen LogP contribution in [0.4, 0.5) is 11.4 Å². The number of fused-ring (bicyclic) bond motifs is 1. The third kappa shape index (κ3) is 2.90. The molecule has 5 nitrogen and oxygen atoms in total. The Morgan fingerprint density at radius 3 is 2.80 bits per heavy atom. The lowest BCUT2D eigenvalue weighted by molar-refractivity contribution is -0.137. The molecule has 0 spiro atoms. The summed E-state index contributed by atoms with van der Waals surface area (Å²) in [5, 5.41) is 8.72. The van der Waals surface area contributed by atoms with E-state index in [9.17, 15) is 9.59 Å². The molecule has 1 aromatic rings. The average Bonchev–Trinajstić information content (AvgIpc) is 2.33. The molecule has 0 fully saturated rings. The zero-order valence-corrected chi connectivity index (χ0v) is 12.4. The number of benzene rings is 1. The summed E-state index contributed by atoms with van der Waals surface area (Å²) in [6, 6.07) is 5.44. The molecule has 6 heteroatoms. The van der Waals surface area contributed by atoms with Crippen LogP contribution in [0.15, 0.2) is 23.1 Å². The monoisotopic (exact) mass is 294 g/mol. The van der Waals surface area contributed by atoms with Crippen molar-refractivity contribution in [3.8, 4) is 0 Å². The van der Waals surface area contributed by atoms with Gasteiger partial charge < -0.3 is 15.7 Å². The molecule has 1 heterocycles. The maximum Gasteiger partial charge on any atom is 0.303 e. The molecule has 0 aromatic heterocycles. The topological polar surface area (TPSA) is 83.6 Å². The SMILES string of the molecule is CC1(C)Sc2cc(N)ccc2N(CCCC(=O)O)C1=O. The van der Waals surface area contributed by atoms with Crippen LogP contribution in [0.3, 0.4) is 0 Å². The van der Waals surface area contributed by atoms with Gasteiger partial charge >= 0.3 is 5.97 Å². The molecule has 1 aliphatic heterocycles. The lowest BCUT2D eigenvalue weighted by Crippen LogP contribution is -2.47. The number of carboxylic acids is 1. The van der Waals surface area contributed by atoms with Crippen LogP contribution >= 0.6 is 11.8 Å². The maximum absolute atomic E-state index is 12.5. The van der Waals surface area contributed by atoms with Crippen molar-refractivity contribution in [2.45, 2.75) is 36.3 Å². The smallest absolute Gasteiger partial charge is 0.303 e. The number of carboxylic acid groups (broad SMARTS) is 1. The second-order valence-corrected chi connectivity index (χ2v) is 6.96. The van der Waals surface area contributed by atoms with Gasteiger partial charge in [0.05, 0.1) is 10.4 Å². The Bertz CT molecular complexity index is 557. The molecule has 0 radical (unpaired) electrons. The molecule has 1 aliphatic rings. The average molecular weight is 294 g/mol. The van der Waals surface area contributed by atoms with Crippen LogP contribution in [0, 0.1) is 0 Å². The summed E-state index contributed by atoms with van der Waals surface area (Å²) in [7, 11) is 0. The second-order valence-electron chi connectivity index (χ2n) is 5.29. The van der Waals surface area contributed by atoms with Crippen molar-refractivity contribution >= 4 is 35.0 Å². The van der Waals surface area contributed by atoms with Crippen molar-refractivity contribution in [3.63, 3.8) is 0 Å². The number of carbonyl (C=O) groups is 2. The van der Waals surface area contributed by atoms with E-state index in [1.165, 1.54) is 11.8 Å². The van der Waals surface area contributed by atoms with Gasteiger partial charge in [-0.15, -0.1) is 11.8 Å². The molecule has 2 rings (SSSR count). The predicted molar refractivity (Wildman–Crippen MR) is 80.0 cm³/mol. The molecule has 0 atom stereocenters. The van der Waals surface area contributed by atoms with Gasteiger partial charge in [-0.1, -0.05) is 0 Å². The Balaban J connectivity index is 2.29. The Labute approximate surface area is 122 Å². The Kier molecular flexibility index (Phi) is 3.94. The van der Waals surface area contributed by atoms with Gasteiger partial charge in [-0.3, -0.25) is 9.59 Å². The van der Waals surface area contributed by atoms with Crippen LogP contribution in [0.1, 0.15) is 26.7 Å². The normalized spacial score (nSPS) is 16.9. The summed E-state index contributed by atoms with van der Waals surface area (Å²) >= 11 is 1.49. The summed E-state index contributed by atoms with van der Waals surface area (Å²) in [5.41, 5.74) is 7.27. The van der Waals surface area contributed by atoms with Crippen LogP contribution < -0.4 is 10.6 Å². The number of aliphatic carboxylic acids is 1. The molecule has 108 valence electrons. The van der Waals surface area contributed by atoms with Crippen molar-refractivity contribution in [1.29, 1.82) is 0 Å². The Morgan fingerprint density at radius 1 is 1.45 bits per heavy atom. The Hall–Kier alpha value is -1.69. The van der Waals surface area contributed by atoms with Gasteiger partial charge in [0.1, 0.15) is 0 Å². The third-order valence-corrected chi connectivity index (χ3v) is 4.40. The van der Waals surface area contributed by atoms with Crippen molar-refractivity contribution in [2.24, 2.45) is 0 Å². The van der Waals surface area contributed by atoms with Crippen LogP contribution in [0.5, 0.6) is 0 Å². The molecule has 3 N–H and O–H groups in total. The van der Waals surface area contributed by atoms with Gasteiger partial charge in [0.2, 0.25) is 5.91 Å². The summed E-state index contributed by atoms with van der Waals surface area (Å²) in [5.74, 6) is -0.842. The van der Waals surface area contributed by atoms with E-state index < -0.39 is 10.7 Å². The van der Waals surface area contributed by atoms with Gasteiger partial charge in [-0.05, 0) is 38.5 Å². The van der Waals surface area contributed by atoms with Gasteiger partial charge in [0.15, 0.2) is 0 Å². The van der Waals surface area contributed by atoms with E-state index in [1.807, 2.05) is 26.0 Å². The first-order valence-electron chi connectivity index (χ1n) is 6.43. The number of nitrogens with two attached hydrogens (primary N) is 1. The van der Waals surface area contributed by atoms with E-state index in [0.29, 0.717) is 18.7 Å². The number of hydrogen-bond acceptors (Lipinski definition) is 4. The lowest BCUT2D eigenvalue weighted by atomic mass is 10.1. The van der Waals surface area contributed by atoms with E-state index in [-0.39, 0.29) is 12.3 Å². The maximum atomic E-state index is 12.5. The zero-order valence-electron chi connectivity index (χ0n) is 11.5. The summed E-state index contributed by atoms with van der Waals surface area (Å²) < 4.78 is -0.565. The van der Waals surface area contributed by atoms with Gasteiger partial charge in [-0.25, -0.2) is 0 Å². The highest BCUT2D eigenvalue weighted by Gasteiger charge is 2.39. The Morgan fingerprint density at radius 2 is 2.15 bits per heavy atom. The zero-order chi connectivity index (χ0) is 14.9. The number of nitrogen functional groups attached to an aromatic ring is 1. The standard InChI is InChI=1S/C14H18N2O3S/c1-14(2)13(19)16(7-3-4-12(17)18)10-6-5-9(15)8-11(10)20-14/h5-6,8H,3-4,7,15H2,1-2H3,(H,17,18). The summed E-state index contributed by atoms with van der Waals surface area (Å²) in [6.07, 6.45) is 0.493. The number of nitrogens with zero attached hydrogens (tertiary/aromatic N) is 1. The number of thioether (sulfide) groups is 1. The lowest BCUT2D eigenvalue weighted by Gasteiger charge is -2.38. The van der Waals surface area contributed by atoms with E-state index in [0.717, 1.165) is 10.6 Å². The molecule has 0 saturated heterocycles. The minimum absolute atomic E-state index is 0.00478. The summed E-state index contributed by atoms with van der Waals surface area (Å²) in [4.78, 5) is 25.8. The fourth-order valence-electron chi connectivity index (χ4n) is 2.20. The molecule has 0 aliphatic carbocycles. The molecule has 1 aromatic carbocycles.